The summed E-state index contributed by atoms with van der Waals surface area (Å²) in [6.45, 7) is 9.13. The number of phenolic OH excluding ortho intramolecular Hbond substituents is 1. The van der Waals surface area contributed by atoms with E-state index in [0.29, 0.717) is 41.9 Å². The molecule has 0 aliphatic carbocycles. The molecular weight excluding hydrogens is 713 g/mol. The molecule has 56 heavy (non-hydrogen) atoms. The lowest BCUT2D eigenvalue weighted by Gasteiger charge is -2.42. The van der Waals surface area contributed by atoms with Gasteiger partial charge in [-0.05, 0) is 87.7 Å². The Bertz CT molecular complexity index is 2410. The topological polar surface area (TPSA) is 119 Å². The number of hydrogen-bond donors (Lipinski definition) is 2. The predicted octanol–water partition coefficient (Wildman–Crippen LogP) is 7.40. The van der Waals surface area contributed by atoms with Gasteiger partial charge in [0.1, 0.15) is 40.9 Å². The van der Waals surface area contributed by atoms with Gasteiger partial charge < -0.3 is 19.6 Å². The number of amides is 1. The Hall–Kier alpha value is -5.67. The van der Waals surface area contributed by atoms with Gasteiger partial charge in [-0.1, -0.05) is 50.1 Å². The first kappa shape index (κ1) is 37.3. The number of fused-ring (bicyclic) bond motifs is 5. The van der Waals surface area contributed by atoms with E-state index in [-0.39, 0.29) is 68.7 Å². The first-order valence-corrected chi connectivity index (χ1v) is 19.5. The third-order valence-electron chi connectivity index (χ3n) is 12.0. The molecule has 0 saturated carbocycles. The van der Waals surface area contributed by atoms with Gasteiger partial charge in [-0.3, -0.25) is 20.1 Å². The Morgan fingerprint density at radius 3 is 2.46 bits per heavy atom. The molecule has 0 spiro atoms. The lowest BCUT2D eigenvalue weighted by Crippen LogP contribution is -2.57. The van der Waals surface area contributed by atoms with Crippen LogP contribution in [0.2, 0.25) is 0 Å². The quantitative estimate of drug-likeness (QED) is 0.130. The fourth-order valence-corrected chi connectivity index (χ4v) is 9.43. The van der Waals surface area contributed by atoms with E-state index in [1.807, 2.05) is 48.8 Å². The second-order valence-electron chi connectivity index (χ2n) is 15.1. The number of anilines is 1. The normalized spacial score (nSPS) is 19.8. The molecule has 4 aliphatic rings. The zero-order valence-corrected chi connectivity index (χ0v) is 31.9. The lowest BCUT2D eigenvalue weighted by atomic mass is 9.95. The molecule has 3 aromatic carbocycles. The van der Waals surface area contributed by atoms with Crippen molar-refractivity contribution in [2.45, 2.75) is 76.9 Å². The van der Waals surface area contributed by atoms with E-state index in [9.17, 15) is 14.3 Å². The summed E-state index contributed by atoms with van der Waals surface area (Å²) in [7, 11) is 0. The van der Waals surface area contributed by atoms with E-state index < -0.39 is 11.6 Å². The molecule has 2 aromatic heterocycles. The monoisotopic (exact) mass is 757 g/mol. The van der Waals surface area contributed by atoms with Gasteiger partial charge in [0, 0.05) is 35.8 Å². The van der Waals surface area contributed by atoms with Crippen LogP contribution in [0, 0.1) is 36.3 Å². The minimum absolute atomic E-state index is 0.0278. The van der Waals surface area contributed by atoms with E-state index in [4.69, 9.17) is 21.6 Å². The fourth-order valence-electron chi connectivity index (χ4n) is 9.43. The average Bonchev–Trinajstić information content (AvgIpc) is 3.87. The van der Waals surface area contributed by atoms with Gasteiger partial charge in [0.25, 0.3) is 5.91 Å². The molecule has 2 bridgehead atoms. The van der Waals surface area contributed by atoms with Gasteiger partial charge in [-0.25, -0.2) is 8.78 Å². The molecule has 9 rings (SSSR count). The van der Waals surface area contributed by atoms with E-state index in [1.165, 1.54) is 30.5 Å². The number of ether oxygens (including phenoxy) is 1. The summed E-state index contributed by atoms with van der Waals surface area (Å²) in [4.78, 5) is 34.3. The van der Waals surface area contributed by atoms with Gasteiger partial charge in [0.05, 0.1) is 28.6 Å². The largest absolute Gasteiger partial charge is 0.508 e. The maximum absolute atomic E-state index is 17.1. The number of nitrogens with zero attached hydrogens (tertiary/aromatic N) is 6. The first-order valence-electron chi connectivity index (χ1n) is 19.5. The number of aryl methyl sites for hydroxylation is 1. The Morgan fingerprint density at radius 2 is 1.77 bits per heavy atom. The molecule has 2 atom stereocenters. The minimum atomic E-state index is -0.787. The molecule has 2 unspecified atom stereocenters. The summed E-state index contributed by atoms with van der Waals surface area (Å²) in [6.07, 6.45) is 12.9. The molecule has 0 radical (unpaired) electrons. The highest BCUT2D eigenvalue weighted by atomic mass is 19.1. The number of aromatic hydroxyl groups is 1. The molecule has 2 N–H and O–H groups in total. The molecule has 4 aliphatic heterocycles. The van der Waals surface area contributed by atoms with Gasteiger partial charge in [0.2, 0.25) is 0 Å². The van der Waals surface area contributed by atoms with Crippen molar-refractivity contribution in [3.8, 4) is 35.4 Å². The highest BCUT2D eigenvalue weighted by molar-refractivity contribution is 6.44. The number of rotatable bonds is 7. The zero-order chi connectivity index (χ0) is 39.3. The fraction of sp³-hybridized carbons (Fsp3) is 0.386. The highest BCUT2D eigenvalue weighted by Gasteiger charge is 2.46. The molecule has 4 fully saturated rings. The molecular formula is C44H45F2N7O3. The number of nitrogens with one attached hydrogen (secondary N) is 1. The van der Waals surface area contributed by atoms with E-state index in [1.54, 1.807) is 6.07 Å². The molecule has 288 valence electrons. The molecule has 10 nitrogen and oxygen atoms in total. The van der Waals surface area contributed by atoms with E-state index in [0.717, 1.165) is 57.2 Å². The standard InChI is InChI=1S/C42H39F2N7O3.C2H6/c1-3-29-33(43)13-10-25-18-28(52)19-31(34(25)29)37-35(44)38-32(20-46-37)39(48-41(47-38)54-23-42-14-6-16-50(42)17-7-15-42)49-21-26-11-12-27(22-49)51(26)40(53)36(45)30-9-5-4-8-24(30)2;1-2/h1,4-5,8-10,13,18-20,26-27,45,52H,6-7,11-12,14-17,21-23H2,2H3;1-2H3. The summed E-state index contributed by atoms with van der Waals surface area (Å²) in [5.74, 6) is 0.934. The van der Waals surface area contributed by atoms with Crippen LogP contribution >= 0.6 is 0 Å². The van der Waals surface area contributed by atoms with E-state index >= 15 is 4.39 Å². The summed E-state index contributed by atoms with van der Waals surface area (Å²) < 4.78 is 38.5. The summed E-state index contributed by atoms with van der Waals surface area (Å²) >= 11 is 0. The SMILES string of the molecule is C#Cc1c(F)ccc2cc(O)cc(-c3ncc4c(N5CC6CCC(C5)N6C(=O)C(=N)c5ccccc5C)nc(OCC56CCCN5CCC6)nc4c3F)c12.CC. The molecule has 4 saturated heterocycles. The number of aromatic nitrogens is 3. The Kier molecular flexibility index (Phi) is 9.83. The lowest BCUT2D eigenvalue weighted by molar-refractivity contribution is -0.127. The van der Waals surface area contributed by atoms with Crippen molar-refractivity contribution in [2.24, 2.45) is 0 Å². The minimum Gasteiger partial charge on any atom is -0.508 e. The average molecular weight is 758 g/mol. The highest BCUT2D eigenvalue weighted by Crippen LogP contribution is 2.42. The summed E-state index contributed by atoms with van der Waals surface area (Å²) in [5.41, 5.74) is 1.23. The summed E-state index contributed by atoms with van der Waals surface area (Å²) in [5, 5.41) is 20.5. The van der Waals surface area contributed by atoms with Crippen molar-refractivity contribution in [1.29, 1.82) is 5.41 Å². The van der Waals surface area contributed by atoms with Gasteiger partial charge >= 0.3 is 6.01 Å². The van der Waals surface area contributed by atoms with Gasteiger partial charge in [-0.2, -0.15) is 9.97 Å². The number of halogens is 2. The number of phenols is 1. The number of terminal acetylenes is 1. The summed E-state index contributed by atoms with van der Waals surface area (Å²) in [6, 6.07) is 12.6. The maximum atomic E-state index is 17.1. The van der Waals surface area contributed by atoms with Crippen molar-refractivity contribution in [3.63, 3.8) is 0 Å². The Morgan fingerprint density at radius 1 is 1.05 bits per heavy atom. The molecule has 6 heterocycles. The molecule has 12 heteroatoms. The van der Waals surface area contributed by atoms with Crippen LogP contribution in [0.5, 0.6) is 11.8 Å². The number of piperazine rings is 1. The second-order valence-corrected chi connectivity index (χ2v) is 15.1. The number of carbonyl (C=O) groups is 1. The predicted molar refractivity (Wildman–Crippen MR) is 213 cm³/mol. The number of pyridine rings is 1. The maximum Gasteiger partial charge on any atom is 0.319 e. The van der Waals surface area contributed by atoms with Crippen molar-refractivity contribution < 1.29 is 23.4 Å². The Labute approximate surface area is 325 Å². The van der Waals surface area contributed by atoms with Crippen LogP contribution in [0.4, 0.5) is 14.6 Å². The second kappa shape index (κ2) is 14.8. The van der Waals surface area contributed by atoms with Crippen LogP contribution in [0.3, 0.4) is 0 Å². The van der Waals surface area contributed by atoms with Crippen molar-refractivity contribution in [3.05, 3.63) is 83.1 Å². The van der Waals surface area contributed by atoms with Crippen molar-refractivity contribution in [1.82, 2.24) is 24.8 Å². The van der Waals surface area contributed by atoms with Crippen LogP contribution < -0.4 is 9.64 Å². The third kappa shape index (κ3) is 6.18. The molecule has 5 aromatic rings. The van der Waals surface area contributed by atoms with Gasteiger partial charge in [-0.15, -0.1) is 6.42 Å². The third-order valence-corrected chi connectivity index (χ3v) is 12.0. The molecule has 1 amide bonds. The van der Waals surface area contributed by atoms with Crippen LogP contribution in [0.25, 0.3) is 32.9 Å². The van der Waals surface area contributed by atoms with Crippen molar-refractivity contribution in [2.75, 3.05) is 37.7 Å². The number of hydrogen-bond acceptors (Lipinski definition) is 9. The van der Waals surface area contributed by atoms with Gasteiger partial charge in [0.15, 0.2) is 5.82 Å². The number of carbonyl (C=O) groups excluding carboxylic acids is 1. The van der Waals surface area contributed by atoms with Crippen LogP contribution in [-0.2, 0) is 4.79 Å². The zero-order valence-electron chi connectivity index (χ0n) is 31.9. The van der Waals surface area contributed by atoms with Crippen molar-refractivity contribution >= 4 is 39.1 Å². The number of benzene rings is 3. The van der Waals surface area contributed by atoms with E-state index in [2.05, 4.69) is 20.8 Å². The smallest absolute Gasteiger partial charge is 0.319 e. The van der Waals surface area contributed by atoms with Crippen LogP contribution in [0.1, 0.15) is 69.1 Å². The Balaban J connectivity index is 0.00000217. The van der Waals surface area contributed by atoms with Crippen LogP contribution in [0.15, 0.2) is 54.7 Å². The first-order chi connectivity index (χ1) is 27.2. The van der Waals surface area contributed by atoms with Crippen LogP contribution in [-0.4, -0.2) is 91.9 Å².